The molecule has 32 heavy (non-hydrogen) atoms. The van der Waals surface area contributed by atoms with Crippen LogP contribution in [0.5, 0.6) is 5.75 Å². The molecule has 166 valence electrons. The molecule has 0 aliphatic heterocycles. The van der Waals surface area contributed by atoms with E-state index in [0.29, 0.717) is 0 Å². The summed E-state index contributed by atoms with van der Waals surface area (Å²) in [6, 6.07) is 13.1. The number of carbonyl (C=O) groups excluding carboxylic acids is 3. The number of benzene rings is 2. The van der Waals surface area contributed by atoms with Gasteiger partial charge in [0.15, 0.2) is 6.61 Å². The zero-order chi connectivity index (χ0) is 23.3. The number of hydrogen-bond donors (Lipinski definition) is 1. The van der Waals surface area contributed by atoms with Crippen LogP contribution in [-0.4, -0.2) is 31.5 Å². The Morgan fingerprint density at radius 3 is 2.47 bits per heavy atom. The standard InChI is InChI=1S/C22H16F3NO6/c1-30-17-8-3-2-7-15(17)20(28)26-19(27)12-31-21(29)18-10-9-16(32-18)13-5-4-6-14(11-13)22(23,24)25/h2-11H,12H2,1H3,(H,26,27,28). The predicted octanol–water partition coefficient (Wildman–Crippen LogP) is 4.09. The predicted molar refractivity (Wildman–Crippen MR) is 105 cm³/mol. The van der Waals surface area contributed by atoms with Crippen molar-refractivity contribution in [3.8, 4) is 17.1 Å². The third kappa shape index (κ3) is 5.34. The van der Waals surface area contributed by atoms with Gasteiger partial charge >= 0.3 is 12.1 Å². The van der Waals surface area contributed by atoms with Crippen molar-refractivity contribution >= 4 is 17.8 Å². The van der Waals surface area contributed by atoms with E-state index in [4.69, 9.17) is 13.9 Å². The molecular weight excluding hydrogens is 431 g/mol. The zero-order valence-electron chi connectivity index (χ0n) is 16.6. The summed E-state index contributed by atoms with van der Waals surface area (Å²) in [6.07, 6.45) is -4.53. The number of para-hydroxylation sites is 1. The van der Waals surface area contributed by atoms with Crippen molar-refractivity contribution in [2.45, 2.75) is 6.18 Å². The monoisotopic (exact) mass is 447 g/mol. The molecule has 0 aliphatic carbocycles. The summed E-state index contributed by atoms with van der Waals surface area (Å²) in [6.45, 7) is -0.778. The van der Waals surface area contributed by atoms with E-state index in [2.05, 4.69) is 5.32 Å². The molecule has 1 N–H and O–H groups in total. The van der Waals surface area contributed by atoms with Crippen LogP contribution < -0.4 is 10.1 Å². The van der Waals surface area contributed by atoms with Crippen molar-refractivity contribution < 1.29 is 41.4 Å². The highest BCUT2D eigenvalue weighted by Crippen LogP contribution is 2.32. The normalized spacial score (nSPS) is 11.0. The van der Waals surface area contributed by atoms with Crippen LogP contribution >= 0.6 is 0 Å². The molecule has 1 aromatic heterocycles. The Hall–Kier alpha value is -4.08. The Morgan fingerprint density at radius 1 is 1.00 bits per heavy atom. The average Bonchev–Trinajstić information content (AvgIpc) is 3.27. The van der Waals surface area contributed by atoms with Gasteiger partial charge in [-0.25, -0.2) is 4.79 Å². The topological polar surface area (TPSA) is 94.8 Å². The summed E-state index contributed by atoms with van der Waals surface area (Å²) in [5, 5.41) is 2.06. The van der Waals surface area contributed by atoms with Gasteiger partial charge in [-0.05, 0) is 36.4 Å². The first kappa shape index (κ1) is 22.6. The minimum absolute atomic E-state index is 0.0128. The van der Waals surface area contributed by atoms with Gasteiger partial charge in [0.2, 0.25) is 5.76 Å². The molecule has 0 saturated carbocycles. The molecule has 2 aromatic carbocycles. The van der Waals surface area contributed by atoms with Crippen molar-refractivity contribution in [3.05, 3.63) is 77.6 Å². The number of halogens is 3. The highest BCUT2D eigenvalue weighted by molar-refractivity contribution is 6.06. The maximum Gasteiger partial charge on any atom is 0.416 e. The highest BCUT2D eigenvalue weighted by Gasteiger charge is 2.30. The first-order chi connectivity index (χ1) is 15.2. The second-order valence-electron chi connectivity index (χ2n) is 6.40. The number of methoxy groups -OCH3 is 1. The Labute approximate surface area is 179 Å². The number of esters is 1. The lowest BCUT2D eigenvalue weighted by atomic mass is 10.1. The van der Waals surface area contributed by atoms with E-state index in [0.717, 1.165) is 12.1 Å². The summed E-state index contributed by atoms with van der Waals surface area (Å²) in [7, 11) is 1.37. The van der Waals surface area contributed by atoms with Crippen molar-refractivity contribution in [3.63, 3.8) is 0 Å². The van der Waals surface area contributed by atoms with E-state index in [-0.39, 0.29) is 28.4 Å². The molecule has 0 radical (unpaired) electrons. The molecule has 0 aliphatic rings. The molecule has 0 spiro atoms. The van der Waals surface area contributed by atoms with Crippen LogP contribution in [0.15, 0.2) is 65.1 Å². The van der Waals surface area contributed by atoms with Gasteiger partial charge in [-0.15, -0.1) is 0 Å². The smallest absolute Gasteiger partial charge is 0.416 e. The summed E-state index contributed by atoms with van der Waals surface area (Å²) in [5.74, 6) is -2.71. The van der Waals surface area contributed by atoms with Gasteiger partial charge < -0.3 is 13.9 Å². The number of hydrogen-bond acceptors (Lipinski definition) is 6. The molecule has 0 saturated heterocycles. The Balaban J connectivity index is 1.60. The first-order valence-electron chi connectivity index (χ1n) is 9.11. The summed E-state index contributed by atoms with van der Waals surface area (Å²) in [5.41, 5.74) is -0.641. The average molecular weight is 447 g/mol. The van der Waals surface area contributed by atoms with Gasteiger partial charge in [0, 0.05) is 5.56 Å². The van der Waals surface area contributed by atoms with Crippen molar-refractivity contribution in [2.75, 3.05) is 13.7 Å². The molecule has 0 unspecified atom stereocenters. The Kier molecular flexibility index (Phi) is 6.62. The van der Waals surface area contributed by atoms with Crippen LogP contribution in [0.1, 0.15) is 26.5 Å². The van der Waals surface area contributed by atoms with Gasteiger partial charge in [0.25, 0.3) is 11.8 Å². The number of imide groups is 1. The van der Waals surface area contributed by atoms with Crippen LogP contribution in [0, 0.1) is 0 Å². The lowest BCUT2D eigenvalue weighted by Gasteiger charge is -2.08. The molecule has 2 amide bonds. The Morgan fingerprint density at radius 2 is 1.75 bits per heavy atom. The second kappa shape index (κ2) is 9.38. The minimum atomic E-state index is -4.53. The largest absolute Gasteiger partial charge is 0.496 e. The molecule has 0 fully saturated rings. The Bertz CT molecular complexity index is 1150. The molecule has 0 bridgehead atoms. The lowest BCUT2D eigenvalue weighted by Crippen LogP contribution is -2.34. The van der Waals surface area contributed by atoms with Crippen molar-refractivity contribution in [2.24, 2.45) is 0 Å². The van der Waals surface area contributed by atoms with E-state index in [1.165, 1.54) is 43.5 Å². The molecule has 1 heterocycles. The van der Waals surface area contributed by atoms with E-state index >= 15 is 0 Å². The number of rotatable bonds is 6. The van der Waals surface area contributed by atoms with Gasteiger partial charge in [0.05, 0.1) is 18.2 Å². The first-order valence-corrected chi connectivity index (χ1v) is 9.11. The quantitative estimate of drug-likeness (QED) is 0.572. The van der Waals surface area contributed by atoms with Crippen LogP contribution in [-0.2, 0) is 15.7 Å². The van der Waals surface area contributed by atoms with Gasteiger partial charge in [-0.2, -0.15) is 13.2 Å². The van der Waals surface area contributed by atoms with E-state index < -0.39 is 36.1 Å². The number of ether oxygens (including phenoxy) is 2. The van der Waals surface area contributed by atoms with Crippen molar-refractivity contribution in [1.29, 1.82) is 0 Å². The fraction of sp³-hybridized carbons (Fsp3) is 0.136. The lowest BCUT2D eigenvalue weighted by molar-refractivity contribution is -0.137. The maximum atomic E-state index is 12.9. The van der Waals surface area contributed by atoms with E-state index in [1.54, 1.807) is 12.1 Å². The number of furan rings is 1. The molecule has 3 rings (SSSR count). The van der Waals surface area contributed by atoms with Crippen LogP contribution in [0.25, 0.3) is 11.3 Å². The van der Waals surface area contributed by atoms with Crippen LogP contribution in [0.2, 0.25) is 0 Å². The molecule has 7 nitrogen and oxygen atoms in total. The number of alkyl halides is 3. The van der Waals surface area contributed by atoms with Crippen LogP contribution in [0.4, 0.5) is 13.2 Å². The van der Waals surface area contributed by atoms with Crippen molar-refractivity contribution in [1.82, 2.24) is 5.32 Å². The molecule has 0 atom stereocenters. The summed E-state index contributed by atoms with van der Waals surface area (Å²) in [4.78, 5) is 36.2. The van der Waals surface area contributed by atoms with Crippen LogP contribution in [0.3, 0.4) is 0 Å². The van der Waals surface area contributed by atoms with Gasteiger partial charge in [-0.1, -0.05) is 24.3 Å². The minimum Gasteiger partial charge on any atom is -0.496 e. The second-order valence-corrected chi connectivity index (χ2v) is 6.40. The third-order valence-corrected chi connectivity index (χ3v) is 4.22. The molecule has 10 heteroatoms. The summed E-state index contributed by atoms with van der Waals surface area (Å²) >= 11 is 0. The molecular formula is C22H16F3NO6. The SMILES string of the molecule is COc1ccccc1C(=O)NC(=O)COC(=O)c1ccc(-c2cccc(C(F)(F)F)c2)o1. The fourth-order valence-corrected chi connectivity index (χ4v) is 2.72. The number of nitrogens with one attached hydrogen (secondary N) is 1. The molecule has 3 aromatic rings. The number of amides is 2. The van der Waals surface area contributed by atoms with E-state index in [1.807, 2.05) is 0 Å². The third-order valence-electron chi connectivity index (χ3n) is 4.22. The van der Waals surface area contributed by atoms with Gasteiger partial charge in [-0.3, -0.25) is 14.9 Å². The zero-order valence-corrected chi connectivity index (χ0v) is 16.6. The van der Waals surface area contributed by atoms with Gasteiger partial charge in [0.1, 0.15) is 11.5 Å². The van der Waals surface area contributed by atoms with E-state index in [9.17, 15) is 27.6 Å². The summed E-state index contributed by atoms with van der Waals surface area (Å²) < 4.78 is 53.7. The number of carbonyl (C=O) groups is 3. The highest BCUT2D eigenvalue weighted by atomic mass is 19.4. The maximum absolute atomic E-state index is 12.9. The fourth-order valence-electron chi connectivity index (χ4n) is 2.72.